The summed E-state index contributed by atoms with van der Waals surface area (Å²) >= 11 is 0. The smallest absolute Gasteiger partial charge is 0.251 e. The van der Waals surface area contributed by atoms with E-state index in [1.807, 2.05) is 18.2 Å². The van der Waals surface area contributed by atoms with Gasteiger partial charge in [-0.3, -0.25) is 9.59 Å². The Morgan fingerprint density at radius 3 is 2.12 bits per heavy atom. The van der Waals surface area contributed by atoms with Gasteiger partial charge >= 0.3 is 0 Å². The summed E-state index contributed by atoms with van der Waals surface area (Å²) in [7, 11) is -3.72. The molecule has 34 heavy (non-hydrogen) atoms. The molecule has 1 fully saturated rings. The lowest BCUT2D eigenvalue weighted by molar-refractivity contribution is -0.114. The summed E-state index contributed by atoms with van der Waals surface area (Å²) in [6.45, 7) is 2.07. The molecule has 8 heteroatoms. The minimum absolute atomic E-state index is 0.0372. The van der Waals surface area contributed by atoms with Crippen molar-refractivity contribution in [3.63, 3.8) is 0 Å². The molecule has 3 N–H and O–H groups in total. The Bertz CT molecular complexity index is 1270. The topological polar surface area (TPSA) is 104 Å². The second-order valence-electron chi connectivity index (χ2n) is 8.56. The summed E-state index contributed by atoms with van der Waals surface area (Å²) < 4.78 is 27.7. The average molecular weight is 478 g/mol. The molecule has 0 aromatic heterocycles. The maximum Gasteiger partial charge on any atom is 0.251 e. The molecule has 0 spiro atoms. The van der Waals surface area contributed by atoms with Crippen LogP contribution in [0.3, 0.4) is 0 Å². The van der Waals surface area contributed by atoms with E-state index in [0.29, 0.717) is 17.8 Å². The largest absolute Gasteiger partial charge is 0.351 e. The van der Waals surface area contributed by atoms with E-state index in [0.717, 1.165) is 18.4 Å². The number of amides is 2. The fourth-order valence-corrected chi connectivity index (χ4v) is 4.84. The van der Waals surface area contributed by atoms with Gasteiger partial charge in [-0.2, -0.15) is 0 Å². The van der Waals surface area contributed by atoms with Crippen molar-refractivity contribution in [2.45, 2.75) is 36.6 Å². The third-order valence-corrected chi connectivity index (χ3v) is 7.41. The quantitative estimate of drug-likeness (QED) is 0.438. The van der Waals surface area contributed by atoms with Gasteiger partial charge in [-0.25, -0.2) is 13.1 Å². The van der Waals surface area contributed by atoms with Crippen LogP contribution in [0.15, 0.2) is 83.8 Å². The van der Waals surface area contributed by atoms with Crippen LogP contribution in [0.5, 0.6) is 0 Å². The number of anilines is 1. The number of carbonyl (C=O) groups is 2. The molecule has 0 atom stereocenters. The molecule has 0 saturated heterocycles. The third-order valence-electron chi connectivity index (χ3n) is 5.99. The van der Waals surface area contributed by atoms with E-state index >= 15 is 0 Å². The Labute approximate surface area is 199 Å². The first-order valence-electron chi connectivity index (χ1n) is 11.1. The fraction of sp³-hybridized carbons (Fsp3) is 0.231. The maximum atomic E-state index is 12.6. The number of rotatable bonds is 9. The van der Waals surface area contributed by atoms with Gasteiger partial charge in [0.25, 0.3) is 5.91 Å². The van der Waals surface area contributed by atoms with E-state index in [1.54, 1.807) is 24.3 Å². The number of benzene rings is 3. The summed E-state index contributed by atoms with van der Waals surface area (Å²) in [4.78, 5) is 23.8. The first-order chi connectivity index (χ1) is 16.3. The van der Waals surface area contributed by atoms with Crippen molar-refractivity contribution in [1.82, 2.24) is 10.0 Å². The molecule has 3 aromatic carbocycles. The highest BCUT2D eigenvalue weighted by atomic mass is 32.2. The highest BCUT2D eigenvalue weighted by molar-refractivity contribution is 7.89. The van der Waals surface area contributed by atoms with Crippen molar-refractivity contribution in [3.05, 3.63) is 95.6 Å². The zero-order valence-electron chi connectivity index (χ0n) is 18.9. The number of carbonyl (C=O) groups excluding carboxylic acids is 2. The van der Waals surface area contributed by atoms with Crippen LogP contribution in [0.1, 0.15) is 41.3 Å². The third kappa shape index (κ3) is 5.70. The van der Waals surface area contributed by atoms with Crippen LogP contribution in [0.25, 0.3) is 0 Å². The molecule has 1 aliphatic carbocycles. The number of nitrogens with one attached hydrogen (secondary N) is 3. The summed E-state index contributed by atoms with van der Waals surface area (Å²) in [5.74, 6) is -0.373. The van der Waals surface area contributed by atoms with Gasteiger partial charge in [-0.1, -0.05) is 42.5 Å². The molecule has 176 valence electrons. The Morgan fingerprint density at radius 1 is 0.882 bits per heavy atom. The van der Waals surface area contributed by atoms with Gasteiger partial charge in [-0.05, 0) is 60.4 Å². The van der Waals surface area contributed by atoms with Gasteiger partial charge in [0.1, 0.15) is 0 Å². The van der Waals surface area contributed by atoms with Crippen LogP contribution in [-0.2, 0) is 26.8 Å². The standard InChI is InChI=1S/C26H27N3O4S/c1-19(30)29-23-11-13-24(14-12-23)34(32,33)28-17-20-7-9-21(10-8-20)25(31)27-18-26(15-16-26)22-5-3-2-4-6-22/h2-14,28H,15-18H2,1H3,(H,27,31)(H,29,30). The van der Waals surface area contributed by atoms with Crippen LogP contribution in [0.2, 0.25) is 0 Å². The first kappa shape index (κ1) is 23.7. The minimum atomic E-state index is -3.72. The van der Waals surface area contributed by atoms with Gasteiger partial charge in [0, 0.05) is 36.7 Å². The molecule has 3 aromatic rings. The molecular formula is C26H27N3O4S. The van der Waals surface area contributed by atoms with E-state index in [-0.39, 0.29) is 28.7 Å². The van der Waals surface area contributed by atoms with Crippen molar-refractivity contribution >= 4 is 27.5 Å². The molecule has 0 heterocycles. The molecule has 7 nitrogen and oxygen atoms in total. The number of sulfonamides is 1. The second-order valence-corrected chi connectivity index (χ2v) is 10.3. The average Bonchev–Trinajstić information content (AvgIpc) is 3.63. The maximum absolute atomic E-state index is 12.6. The summed E-state index contributed by atoms with van der Waals surface area (Å²) in [5.41, 5.74) is 3.08. The molecule has 1 saturated carbocycles. The van der Waals surface area contributed by atoms with Crippen molar-refractivity contribution in [2.24, 2.45) is 0 Å². The Morgan fingerprint density at radius 2 is 1.53 bits per heavy atom. The zero-order chi connectivity index (χ0) is 24.2. The van der Waals surface area contributed by atoms with Gasteiger partial charge in [0.15, 0.2) is 0 Å². The predicted molar refractivity (Wildman–Crippen MR) is 131 cm³/mol. The molecule has 4 rings (SSSR count). The molecule has 2 amide bonds. The van der Waals surface area contributed by atoms with E-state index in [2.05, 4.69) is 27.5 Å². The van der Waals surface area contributed by atoms with Gasteiger partial charge < -0.3 is 10.6 Å². The van der Waals surface area contributed by atoms with E-state index < -0.39 is 10.0 Å². The lowest BCUT2D eigenvalue weighted by Gasteiger charge is -2.16. The fourth-order valence-electron chi connectivity index (χ4n) is 3.82. The first-order valence-corrected chi connectivity index (χ1v) is 12.6. The van der Waals surface area contributed by atoms with Crippen LogP contribution >= 0.6 is 0 Å². The van der Waals surface area contributed by atoms with E-state index in [9.17, 15) is 18.0 Å². The Kier molecular flexibility index (Phi) is 6.81. The van der Waals surface area contributed by atoms with Crippen LogP contribution < -0.4 is 15.4 Å². The molecule has 0 bridgehead atoms. The molecule has 1 aliphatic rings. The molecule has 0 unspecified atom stereocenters. The molecule has 0 radical (unpaired) electrons. The summed E-state index contributed by atoms with van der Waals surface area (Å²) in [5, 5.41) is 5.63. The minimum Gasteiger partial charge on any atom is -0.351 e. The second kappa shape index (κ2) is 9.79. The van der Waals surface area contributed by atoms with Gasteiger partial charge in [-0.15, -0.1) is 0 Å². The monoisotopic (exact) mass is 477 g/mol. The summed E-state index contributed by atoms with van der Waals surface area (Å²) in [6.07, 6.45) is 2.12. The van der Waals surface area contributed by atoms with E-state index in [4.69, 9.17) is 0 Å². The Balaban J connectivity index is 1.31. The van der Waals surface area contributed by atoms with Crippen LogP contribution in [-0.4, -0.2) is 26.8 Å². The lowest BCUT2D eigenvalue weighted by atomic mass is 9.96. The summed E-state index contributed by atoms with van der Waals surface area (Å²) in [6, 6.07) is 23.0. The SMILES string of the molecule is CC(=O)Nc1ccc(S(=O)(=O)NCc2ccc(C(=O)NCC3(c4ccccc4)CC3)cc2)cc1. The predicted octanol–water partition coefficient (Wildman–Crippen LogP) is 3.59. The zero-order valence-corrected chi connectivity index (χ0v) is 19.7. The lowest BCUT2D eigenvalue weighted by Crippen LogP contribution is -2.32. The highest BCUT2D eigenvalue weighted by Gasteiger charge is 2.44. The van der Waals surface area contributed by atoms with Crippen molar-refractivity contribution < 1.29 is 18.0 Å². The normalized spacial score (nSPS) is 14.3. The molecule has 0 aliphatic heterocycles. The Hall–Kier alpha value is -3.49. The van der Waals surface area contributed by atoms with Crippen molar-refractivity contribution in [3.8, 4) is 0 Å². The number of hydrogen-bond acceptors (Lipinski definition) is 4. The van der Waals surface area contributed by atoms with Crippen LogP contribution in [0.4, 0.5) is 5.69 Å². The number of hydrogen-bond donors (Lipinski definition) is 3. The molecular weight excluding hydrogens is 450 g/mol. The van der Waals surface area contributed by atoms with E-state index in [1.165, 1.54) is 36.8 Å². The van der Waals surface area contributed by atoms with Crippen molar-refractivity contribution in [1.29, 1.82) is 0 Å². The van der Waals surface area contributed by atoms with Crippen molar-refractivity contribution in [2.75, 3.05) is 11.9 Å². The van der Waals surface area contributed by atoms with Crippen LogP contribution in [0, 0.1) is 0 Å². The highest BCUT2D eigenvalue weighted by Crippen LogP contribution is 2.47. The van der Waals surface area contributed by atoms with Gasteiger partial charge in [0.05, 0.1) is 4.90 Å². The van der Waals surface area contributed by atoms with Gasteiger partial charge in [0.2, 0.25) is 15.9 Å².